The van der Waals surface area contributed by atoms with Gasteiger partial charge in [-0.15, -0.1) is 0 Å². The lowest BCUT2D eigenvalue weighted by atomic mass is 10.1. The number of hydrogen-bond acceptors (Lipinski definition) is 6. The average molecular weight is 461 g/mol. The van der Waals surface area contributed by atoms with E-state index in [1.807, 2.05) is 11.8 Å². The Morgan fingerprint density at radius 3 is 2.16 bits per heavy atom. The van der Waals surface area contributed by atoms with E-state index in [4.69, 9.17) is 11.6 Å². The number of likely N-dealkylation sites (N-methyl/N-ethyl adjacent to an activating group) is 1. The van der Waals surface area contributed by atoms with E-state index < -0.39 is 5.82 Å². The Balaban J connectivity index is 1.32. The van der Waals surface area contributed by atoms with E-state index in [2.05, 4.69) is 37.8 Å². The zero-order valence-corrected chi connectivity index (χ0v) is 19.5. The summed E-state index contributed by atoms with van der Waals surface area (Å²) in [6.07, 6.45) is 0.945. The van der Waals surface area contributed by atoms with Gasteiger partial charge >= 0.3 is 0 Å². The molecule has 0 saturated carbocycles. The van der Waals surface area contributed by atoms with Crippen molar-refractivity contribution in [2.24, 2.45) is 0 Å². The summed E-state index contributed by atoms with van der Waals surface area (Å²) >= 11 is 5.84. The van der Waals surface area contributed by atoms with Gasteiger partial charge in [0.1, 0.15) is 23.3 Å². The highest BCUT2D eigenvalue weighted by Crippen LogP contribution is 2.22. The van der Waals surface area contributed by atoms with Crippen molar-refractivity contribution in [1.82, 2.24) is 19.8 Å². The summed E-state index contributed by atoms with van der Waals surface area (Å²) in [6, 6.07) is 6.70. The van der Waals surface area contributed by atoms with E-state index in [-0.39, 0.29) is 10.9 Å². The SMILES string of the molecule is Cc1nc(N2CCN(C)CC2)cc(N2CCN(C(=O)CCc3ccc(F)c(Cl)c3)CC2)n1. The minimum Gasteiger partial charge on any atom is -0.354 e. The van der Waals surface area contributed by atoms with Crippen molar-refractivity contribution in [3.8, 4) is 0 Å². The summed E-state index contributed by atoms with van der Waals surface area (Å²) in [4.78, 5) is 30.8. The summed E-state index contributed by atoms with van der Waals surface area (Å²) in [5.74, 6) is 2.36. The second-order valence-electron chi connectivity index (χ2n) is 8.54. The molecule has 2 saturated heterocycles. The van der Waals surface area contributed by atoms with Crippen molar-refractivity contribution in [1.29, 1.82) is 0 Å². The number of carbonyl (C=O) groups is 1. The molecule has 1 aromatic carbocycles. The molecule has 9 heteroatoms. The molecule has 1 aromatic heterocycles. The summed E-state index contributed by atoms with van der Waals surface area (Å²) < 4.78 is 13.3. The van der Waals surface area contributed by atoms with Gasteiger partial charge in [-0.25, -0.2) is 14.4 Å². The molecule has 0 N–H and O–H groups in total. The number of anilines is 2. The zero-order chi connectivity index (χ0) is 22.7. The maximum Gasteiger partial charge on any atom is 0.223 e. The smallest absolute Gasteiger partial charge is 0.223 e. The van der Waals surface area contributed by atoms with E-state index in [9.17, 15) is 9.18 Å². The number of halogens is 2. The van der Waals surface area contributed by atoms with Gasteiger partial charge in [-0.2, -0.15) is 0 Å². The molecule has 2 aliphatic rings. The molecular weight excluding hydrogens is 431 g/mol. The summed E-state index contributed by atoms with van der Waals surface area (Å²) in [6.45, 7) is 8.74. The van der Waals surface area contributed by atoms with Crippen LogP contribution in [0.25, 0.3) is 0 Å². The molecular formula is C23H30ClFN6O. The minimum absolute atomic E-state index is 0.0969. The van der Waals surface area contributed by atoms with Gasteiger partial charge in [-0.3, -0.25) is 4.79 Å². The Hall–Kier alpha value is -2.45. The molecule has 32 heavy (non-hydrogen) atoms. The quantitative estimate of drug-likeness (QED) is 0.683. The molecule has 4 rings (SSSR count). The van der Waals surface area contributed by atoms with E-state index in [0.717, 1.165) is 62.3 Å². The van der Waals surface area contributed by atoms with Crippen molar-refractivity contribution in [2.75, 3.05) is 69.2 Å². The molecule has 0 aliphatic carbocycles. The highest BCUT2D eigenvalue weighted by molar-refractivity contribution is 6.30. The van der Waals surface area contributed by atoms with Crippen LogP contribution in [-0.4, -0.2) is 85.1 Å². The number of amides is 1. The van der Waals surface area contributed by atoms with E-state index >= 15 is 0 Å². The van der Waals surface area contributed by atoms with Crippen LogP contribution in [0.1, 0.15) is 17.8 Å². The van der Waals surface area contributed by atoms with Crippen molar-refractivity contribution in [2.45, 2.75) is 19.8 Å². The molecule has 0 unspecified atom stereocenters. The number of hydrogen-bond donors (Lipinski definition) is 0. The van der Waals surface area contributed by atoms with E-state index in [0.29, 0.717) is 25.9 Å². The maximum atomic E-state index is 13.3. The molecule has 0 atom stereocenters. The van der Waals surface area contributed by atoms with Crippen molar-refractivity contribution >= 4 is 29.1 Å². The molecule has 0 bridgehead atoms. The third-order valence-corrected chi connectivity index (χ3v) is 6.50. The molecule has 172 valence electrons. The van der Waals surface area contributed by atoms with Gasteiger partial charge < -0.3 is 19.6 Å². The third-order valence-electron chi connectivity index (χ3n) is 6.21. The van der Waals surface area contributed by atoms with Crippen molar-refractivity contribution < 1.29 is 9.18 Å². The highest BCUT2D eigenvalue weighted by atomic mass is 35.5. The Kier molecular flexibility index (Phi) is 7.10. The van der Waals surface area contributed by atoms with Crippen LogP contribution in [0.4, 0.5) is 16.0 Å². The number of benzene rings is 1. The molecule has 1 amide bonds. The van der Waals surface area contributed by atoms with Crippen LogP contribution in [0.5, 0.6) is 0 Å². The van der Waals surface area contributed by atoms with Crippen LogP contribution < -0.4 is 9.80 Å². The fourth-order valence-corrected chi connectivity index (χ4v) is 4.39. The van der Waals surface area contributed by atoms with Gasteiger partial charge in [0, 0.05) is 64.8 Å². The van der Waals surface area contributed by atoms with Gasteiger partial charge in [0.2, 0.25) is 5.91 Å². The van der Waals surface area contributed by atoms with Crippen LogP contribution in [0.2, 0.25) is 5.02 Å². The first-order valence-electron chi connectivity index (χ1n) is 11.1. The summed E-state index contributed by atoms with van der Waals surface area (Å²) in [7, 11) is 2.14. The van der Waals surface area contributed by atoms with Gasteiger partial charge in [-0.1, -0.05) is 17.7 Å². The molecule has 3 heterocycles. The number of piperazine rings is 2. The number of carbonyl (C=O) groups excluding carboxylic acids is 1. The average Bonchev–Trinajstić information content (AvgIpc) is 2.80. The van der Waals surface area contributed by atoms with Crippen LogP contribution in [0, 0.1) is 12.7 Å². The topological polar surface area (TPSA) is 55.8 Å². The van der Waals surface area contributed by atoms with Crippen LogP contribution in [0.3, 0.4) is 0 Å². The first-order valence-corrected chi connectivity index (χ1v) is 11.5. The molecule has 2 aromatic rings. The predicted octanol–water partition coefficient (Wildman–Crippen LogP) is 2.61. The fraction of sp³-hybridized carbons (Fsp3) is 0.522. The summed E-state index contributed by atoms with van der Waals surface area (Å²) in [5, 5.41) is 0.0969. The van der Waals surface area contributed by atoms with Crippen LogP contribution in [-0.2, 0) is 11.2 Å². The Morgan fingerprint density at radius 1 is 0.969 bits per heavy atom. The lowest BCUT2D eigenvalue weighted by Gasteiger charge is -2.37. The van der Waals surface area contributed by atoms with Gasteiger partial charge in [0.25, 0.3) is 0 Å². The van der Waals surface area contributed by atoms with Gasteiger partial charge in [0.15, 0.2) is 0 Å². The zero-order valence-electron chi connectivity index (χ0n) is 18.7. The standard InChI is InChI=1S/C23H30ClFN6O/c1-17-26-21(29-9-7-28(2)8-10-29)16-22(27-17)30-11-13-31(14-12-30)23(32)6-4-18-3-5-20(25)19(24)15-18/h3,5,15-16H,4,6-14H2,1-2H3. The molecule has 0 radical (unpaired) electrons. The lowest BCUT2D eigenvalue weighted by molar-refractivity contribution is -0.131. The normalized spacial score (nSPS) is 17.7. The molecule has 7 nitrogen and oxygen atoms in total. The van der Waals surface area contributed by atoms with Gasteiger partial charge in [0.05, 0.1) is 5.02 Å². The largest absolute Gasteiger partial charge is 0.354 e. The third kappa shape index (κ3) is 5.48. The number of rotatable bonds is 5. The van der Waals surface area contributed by atoms with E-state index in [1.54, 1.807) is 12.1 Å². The second-order valence-corrected chi connectivity index (χ2v) is 8.95. The lowest BCUT2D eigenvalue weighted by Crippen LogP contribution is -2.49. The van der Waals surface area contributed by atoms with Crippen molar-refractivity contribution in [3.05, 3.63) is 46.5 Å². The van der Waals surface area contributed by atoms with Gasteiger partial charge in [-0.05, 0) is 38.1 Å². The summed E-state index contributed by atoms with van der Waals surface area (Å²) in [5.41, 5.74) is 0.872. The number of aromatic nitrogens is 2. The molecule has 0 spiro atoms. The Bertz CT molecular complexity index is 957. The minimum atomic E-state index is -0.436. The Morgan fingerprint density at radius 2 is 1.56 bits per heavy atom. The number of aryl methyl sites for hydroxylation is 2. The first kappa shape index (κ1) is 22.7. The molecule has 2 fully saturated rings. The van der Waals surface area contributed by atoms with Crippen LogP contribution in [0.15, 0.2) is 24.3 Å². The Labute approximate surface area is 193 Å². The van der Waals surface area contributed by atoms with E-state index in [1.165, 1.54) is 6.07 Å². The number of nitrogens with zero attached hydrogens (tertiary/aromatic N) is 6. The fourth-order valence-electron chi connectivity index (χ4n) is 4.19. The monoisotopic (exact) mass is 460 g/mol. The predicted molar refractivity (Wildman–Crippen MR) is 125 cm³/mol. The second kappa shape index (κ2) is 10.0. The highest BCUT2D eigenvalue weighted by Gasteiger charge is 2.23. The van der Waals surface area contributed by atoms with Crippen molar-refractivity contribution in [3.63, 3.8) is 0 Å². The van der Waals surface area contributed by atoms with Crippen LogP contribution >= 0.6 is 11.6 Å². The maximum absolute atomic E-state index is 13.3. The molecule has 2 aliphatic heterocycles. The first-order chi connectivity index (χ1) is 15.4.